The van der Waals surface area contributed by atoms with Gasteiger partial charge in [0.25, 0.3) is 11.8 Å². The Kier molecular flexibility index (Phi) is 5.29. The number of amides is 3. The van der Waals surface area contributed by atoms with Crippen LogP contribution in [0.2, 0.25) is 0 Å². The number of benzene rings is 1. The first kappa shape index (κ1) is 19.1. The highest BCUT2D eigenvalue weighted by atomic mass is 16.2. The molecule has 0 atom stereocenters. The van der Waals surface area contributed by atoms with Gasteiger partial charge in [-0.3, -0.25) is 19.4 Å². The Morgan fingerprint density at radius 3 is 2.59 bits per heavy atom. The summed E-state index contributed by atoms with van der Waals surface area (Å²) in [6.45, 7) is 4.00. The molecule has 1 aromatic carbocycles. The van der Waals surface area contributed by atoms with Crippen molar-refractivity contribution in [1.82, 2.24) is 9.88 Å². The van der Waals surface area contributed by atoms with Crippen LogP contribution in [0.15, 0.2) is 36.7 Å². The number of carbonyl (C=O) groups is 3. The molecule has 3 heterocycles. The Bertz CT molecular complexity index is 966. The zero-order valence-corrected chi connectivity index (χ0v) is 16.5. The molecule has 4 rings (SSSR count). The van der Waals surface area contributed by atoms with Gasteiger partial charge in [-0.1, -0.05) is 12.1 Å². The summed E-state index contributed by atoms with van der Waals surface area (Å²) in [6.07, 6.45) is 6.40. The molecule has 150 valence electrons. The van der Waals surface area contributed by atoms with E-state index in [1.54, 1.807) is 23.2 Å². The summed E-state index contributed by atoms with van der Waals surface area (Å²) >= 11 is 0. The monoisotopic (exact) mass is 392 g/mol. The zero-order chi connectivity index (χ0) is 20.4. The smallest absolute Gasteiger partial charge is 0.257 e. The van der Waals surface area contributed by atoms with Crippen LogP contribution in [-0.2, 0) is 4.79 Å². The van der Waals surface area contributed by atoms with Crippen molar-refractivity contribution in [2.45, 2.75) is 32.6 Å². The van der Waals surface area contributed by atoms with Crippen LogP contribution in [0, 0.1) is 6.92 Å². The van der Waals surface area contributed by atoms with Crippen molar-refractivity contribution in [3.05, 3.63) is 53.3 Å². The van der Waals surface area contributed by atoms with Crippen molar-refractivity contribution in [3.63, 3.8) is 0 Å². The fourth-order valence-corrected chi connectivity index (χ4v) is 3.95. The molecular formula is C22H24N4O3. The second kappa shape index (κ2) is 8.03. The largest absolute Gasteiger partial charge is 0.339 e. The van der Waals surface area contributed by atoms with Crippen molar-refractivity contribution >= 4 is 29.1 Å². The number of aromatic nitrogens is 1. The lowest BCUT2D eigenvalue weighted by atomic mass is 10.0. The van der Waals surface area contributed by atoms with Crippen LogP contribution in [-0.4, -0.2) is 47.2 Å². The van der Waals surface area contributed by atoms with E-state index in [0.717, 1.165) is 37.9 Å². The molecular weight excluding hydrogens is 368 g/mol. The van der Waals surface area contributed by atoms with E-state index >= 15 is 0 Å². The van der Waals surface area contributed by atoms with Gasteiger partial charge in [0.2, 0.25) is 5.91 Å². The van der Waals surface area contributed by atoms with Crippen LogP contribution in [0.25, 0.3) is 0 Å². The van der Waals surface area contributed by atoms with Gasteiger partial charge in [-0.25, -0.2) is 0 Å². The number of hydrogen-bond donors (Lipinski definition) is 1. The molecule has 0 bridgehead atoms. The molecule has 0 radical (unpaired) electrons. The van der Waals surface area contributed by atoms with Crippen LogP contribution < -0.4 is 10.2 Å². The third kappa shape index (κ3) is 3.85. The zero-order valence-electron chi connectivity index (χ0n) is 16.5. The first-order valence-electron chi connectivity index (χ1n) is 10.0. The summed E-state index contributed by atoms with van der Waals surface area (Å²) in [5.41, 5.74) is 2.83. The molecule has 2 aliphatic heterocycles. The Balaban J connectivity index is 1.58. The van der Waals surface area contributed by atoms with E-state index in [4.69, 9.17) is 0 Å². The average molecular weight is 392 g/mol. The molecule has 29 heavy (non-hydrogen) atoms. The van der Waals surface area contributed by atoms with E-state index in [0.29, 0.717) is 35.5 Å². The van der Waals surface area contributed by atoms with Crippen LogP contribution in [0.4, 0.5) is 11.4 Å². The number of aryl methyl sites for hydroxylation is 1. The lowest BCUT2D eigenvalue weighted by Crippen LogP contribution is -2.29. The number of pyridine rings is 1. The highest BCUT2D eigenvalue weighted by molar-refractivity contribution is 6.10. The van der Waals surface area contributed by atoms with Crippen LogP contribution in [0.3, 0.4) is 0 Å². The van der Waals surface area contributed by atoms with Gasteiger partial charge in [-0.2, -0.15) is 0 Å². The highest BCUT2D eigenvalue weighted by Crippen LogP contribution is 2.25. The molecule has 0 unspecified atom stereocenters. The fourth-order valence-electron chi connectivity index (χ4n) is 3.95. The summed E-state index contributed by atoms with van der Waals surface area (Å²) in [5, 5.41) is 2.87. The van der Waals surface area contributed by atoms with Crippen molar-refractivity contribution in [3.8, 4) is 0 Å². The maximum atomic E-state index is 13.0. The van der Waals surface area contributed by atoms with E-state index in [-0.39, 0.29) is 17.7 Å². The van der Waals surface area contributed by atoms with Crippen LogP contribution in [0.5, 0.6) is 0 Å². The first-order chi connectivity index (χ1) is 14.0. The van der Waals surface area contributed by atoms with E-state index in [1.807, 2.05) is 24.0 Å². The van der Waals surface area contributed by atoms with Gasteiger partial charge in [0.15, 0.2) is 0 Å². The summed E-state index contributed by atoms with van der Waals surface area (Å²) in [4.78, 5) is 45.5. The minimum atomic E-state index is -0.355. The first-order valence-corrected chi connectivity index (χ1v) is 10.0. The third-order valence-corrected chi connectivity index (χ3v) is 5.50. The molecule has 7 heteroatoms. The summed E-state index contributed by atoms with van der Waals surface area (Å²) < 4.78 is 0. The lowest BCUT2D eigenvalue weighted by Gasteiger charge is -2.20. The fraction of sp³-hybridized carbons (Fsp3) is 0.364. The van der Waals surface area contributed by atoms with Gasteiger partial charge in [0, 0.05) is 32.3 Å². The number of anilines is 2. The molecule has 1 aromatic heterocycles. The normalized spacial score (nSPS) is 16.4. The molecule has 1 N–H and O–H groups in total. The standard InChI is InChI=1S/C22H24N4O3/c1-15-6-4-7-18(20(15)22(29)25-9-2-3-10-25)24-21(28)16-12-17(14-23-13-16)26-11-5-8-19(26)27/h4,6-7,12-14H,2-3,5,8-11H2,1H3,(H,24,28). The molecule has 2 aliphatic rings. The van der Waals surface area contributed by atoms with Crippen LogP contribution in [0.1, 0.15) is 52.0 Å². The van der Waals surface area contributed by atoms with E-state index in [9.17, 15) is 14.4 Å². The van der Waals surface area contributed by atoms with Gasteiger partial charge >= 0.3 is 0 Å². The number of nitrogens with zero attached hydrogens (tertiary/aromatic N) is 3. The number of carbonyl (C=O) groups excluding carboxylic acids is 3. The van der Waals surface area contributed by atoms with Gasteiger partial charge < -0.3 is 15.1 Å². The highest BCUT2D eigenvalue weighted by Gasteiger charge is 2.25. The number of hydrogen-bond acceptors (Lipinski definition) is 4. The minimum Gasteiger partial charge on any atom is -0.339 e. The Morgan fingerprint density at radius 1 is 1.07 bits per heavy atom. The Morgan fingerprint density at radius 2 is 1.86 bits per heavy atom. The molecule has 2 fully saturated rings. The molecule has 0 saturated carbocycles. The van der Waals surface area contributed by atoms with Gasteiger partial charge in [-0.05, 0) is 43.9 Å². The third-order valence-electron chi connectivity index (χ3n) is 5.50. The predicted molar refractivity (Wildman–Crippen MR) is 110 cm³/mol. The minimum absolute atomic E-state index is 0.0431. The van der Waals surface area contributed by atoms with Crippen molar-refractivity contribution in [2.75, 3.05) is 29.9 Å². The molecule has 0 spiro atoms. The second-order valence-electron chi connectivity index (χ2n) is 7.53. The summed E-state index contributed by atoms with van der Waals surface area (Å²) in [6, 6.07) is 7.11. The van der Waals surface area contributed by atoms with E-state index in [1.165, 1.54) is 6.20 Å². The number of rotatable bonds is 4. The summed E-state index contributed by atoms with van der Waals surface area (Å²) in [5.74, 6) is -0.362. The molecule has 3 amide bonds. The molecule has 0 aliphatic carbocycles. The van der Waals surface area contributed by atoms with Crippen molar-refractivity contribution in [1.29, 1.82) is 0 Å². The molecule has 2 saturated heterocycles. The quantitative estimate of drug-likeness (QED) is 0.867. The predicted octanol–water partition coefficient (Wildman–Crippen LogP) is 3.01. The number of nitrogens with one attached hydrogen (secondary N) is 1. The van der Waals surface area contributed by atoms with Crippen molar-refractivity contribution < 1.29 is 14.4 Å². The molecule has 7 nitrogen and oxygen atoms in total. The maximum absolute atomic E-state index is 13.0. The second-order valence-corrected chi connectivity index (χ2v) is 7.53. The maximum Gasteiger partial charge on any atom is 0.257 e. The van der Waals surface area contributed by atoms with E-state index in [2.05, 4.69) is 10.3 Å². The topological polar surface area (TPSA) is 82.6 Å². The van der Waals surface area contributed by atoms with Gasteiger partial charge in [0.05, 0.1) is 28.7 Å². The average Bonchev–Trinajstić information content (AvgIpc) is 3.39. The summed E-state index contributed by atoms with van der Waals surface area (Å²) in [7, 11) is 0. The SMILES string of the molecule is Cc1cccc(NC(=O)c2cncc(N3CCCC3=O)c2)c1C(=O)N1CCCC1. The Labute approximate surface area is 169 Å². The van der Waals surface area contributed by atoms with E-state index < -0.39 is 0 Å². The van der Waals surface area contributed by atoms with Crippen LogP contribution >= 0.6 is 0 Å². The number of likely N-dealkylation sites (tertiary alicyclic amines) is 1. The molecule has 2 aromatic rings. The lowest BCUT2D eigenvalue weighted by molar-refractivity contribution is -0.117. The Hall–Kier alpha value is -3.22. The van der Waals surface area contributed by atoms with Crippen molar-refractivity contribution in [2.24, 2.45) is 0 Å². The van der Waals surface area contributed by atoms with Gasteiger partial charge in [0.1, 0.15) is 0 Å². The van der Waals surface area contributed by atoms with Gasteiger partial charge in [-0.15, -0.1) is 0 Å².